The molecule has 2 aromatic rings. The van der Waals surface area contributed by atoms with Gasteiger partial charge in [0.1, 0.15) is 5.82 Å². The van der Waals surface area contributed by atoms with Crippen LogP contribution in [0.15, 0.2) is 47.4 Å². The highest BCUT2D eigenvalue weighted by Crippen LogP contribution is 2.18. The number of aryl methyl sites for hydroxylation is 2. The van der Waals surface area contributed by atoms with Gasteiger partial charge in [-0.2, -0.15) is 0 Å². The highest BCUT2D eigenvalue weighted by atomic mass is 32.2. The molecule has 2 aromatic carbocycles. The highest BCUT2D eigenvalue weighted by Gasteiger charge is 2.08. The van der Waals surface area contributed by atoms with E-state index in [0.717, 1.165) is 33.8 Å². The summed E-state index contributed by atoms with van der Waals surface area (Å²) in [6.07, 6.45) is 0.874. The summed E-state index contributed by atoms with van der Waals surface area (Å²) >= 11 is 1.66. The number of carbonyl (C=O) groups excluding carboxylic acids is 1. The summed E-state index contributed by atoms with van der Waals surface area (Å²) in [6, 6.07) is 12.4. The second-order valence-corrected chi connectivity index (χ2v) is 6.40. The van der Waals surface area contributed by atoms with Crippen LogP contribution in [0.3, 0.4) is 0 Å². The first-order chi connectivity index (χ1) is 10.6. The zero-order valence-electron chi connectivity index (χ0n) is 12.9. The van der Waals surface area contributed by atoms with Crippen LogP contribution in [0.25, 0.3) is 0 Å². The fourth-order valence-corrected chi connectivity index (χ4v) is 2.92. The Kier molecular flexibility index (Phi) is 6.01. The molecule has 0 heterocycles. The Morgan fingerprint density at radius 3 is 2.59 bits per heavy atom. The molecule has 116 valence electrons. The monoisotopic (exact) mass is 317 g/mol. The third-order valence-electron chi connectivity index (χ3n) is 3.33. The topological polar surface area (TPSA) is 29.1 Å². The number of amides is 1. The minimum absolute atomic E-state index is 0.0204. The Hall–Kier alpha value is -1.81. The Labute approximate surface area is 135 Å². The van der Waals surface area contributed by atoms with Crippen LogP contribution in [-0.4, -0.2) is 18.2 Å². The summed E-state index contributed by atoms with van der Waals surface area (Å²) in [6.45, 7) is 4.56. The maximum Gasteiger partial charge on any atom is 0.251 e. The van der Waals surface area contributed by atoms with Gasteiger partial charge < -0.3 is 5.32 Å². The van der Waals surface area contributed by atoms with Gasteiger partial charge in [0.05, 0.1) is 0 Å². The molecular formula is C18H20FNOS. The molecule has 2 nitrogen and oxygen atoms in total. The largest absolute Gasteiger partial charge is 0.352 e. The maximum absolute atomic E-state index is 12.8. The Morgan fingerprint density at radius 1 is 1.14 bits per heavy atom. The molecule has 2 rings (SSSR count). The standard InChI is InChI=1S/C18H20FNOS/c1-13-4-5-14(2)17(12-13)18(21)20-10-3-11-22-16-8-6-15(19)7-9-16/h4-9,12H,3,10-11H2,1-2H3,(H,20,21). The first-order valence-electron chi connectivity index (χ1n) is 7.30. The van der Waals surface area contributed by atoms with Crippen molar-refractivity contribution in [3.05, 3.63) is 65.0 Å². The number of carbonyl (C=O) groups is 1. The van der Waals surface area contributed by atoms with E-state index in [-0.39, 0.29) is 11.7 Å². The van der Waals surface area contributed by atoms with Gasteiger partial charge >= 0.3 is 0 Å². The first-order valence-corrected chi connectivity index (χ1v) is 8.28. The number of rotatable bonds is 6. The molecule has 0 radical (unpaired) electrons. The summed E-state index contributed by atoms with van der Waals surface area (Å²) in [5, 5.41) is 2.95. The lowest BCUT2D eigenvalue weighted by atomic mass is 10.1. The van der Waals surface area contributed by atoms with Crippen molar-refractivity contribution in [2.45, 2.75) is 25.2 Å². The molecule has 0 saturated carbocycles. The lowest BCUT2D eigenvalue weighted by Crippen LogP contribution is -2.25. The lowest BCUT2D eigenvalue weighted by molar-refractivity contribution is 0.0953. The van der Waals surface area contributed by atoms with E-state index in [9.17, 15) is 9.18 Å². The van der Waals surface area contributed by atoms with E-state index < -0.39 is 0 Å². The van der Waals surface area contributed by atoms with Crippen molar-refractivity contribution in [3.8, 4) is 0 Å². The van der Waals surface area contributed by atoms with E-state index in [1.54, 1.807) is 23.9 Å². The van der Waals surface area contributed by atoms with Gasteiger partial charge in [0, 0.05) is 17.0 Å². The van der Waals surface area contributed by atoms with Crippen molar-refractivity contribution >= 4 is 17.7 Å². The molecule has 1 amide bonds. The lowest BCUT2D eigenvalue weighted by Gasteiger charge is -2.08. The number of thioether (sulfide) groups is 1. The van der Waals surface area contributed by atoms with E-state index in [1.165, 1.54) is 12.1 Å². The number of hydrogen-bond donors (Lipinski definition) is 1. The van der Waals surface area contributed by atoms with Gasteiger partial charge in [-0.15, -0.1) is 11.8 Å². The summed E-state index contributed by atoms with van der Waals surface area (Å²) in [7, 11) is 0. The quantitative estimate of drug-likeness (QED) is 0.634. The van der Waals surface area contributed by atoms with Crippen LogP contribution < -0.4 is 5.32 Å². The van der Waals surface area contributed by atoms with Gasteiger partial charge in [-0.05, 0) is 61.9 Å². The molecule has 4 heteroatoms. The second-order valence-electron chi connectivity index (χ2n) is 5.23. The van der Waals surface area contributed by atoms with Gasteiger partial charge in [0.2, 0.25) is 0 Å². The predicted octanol–water partition coefficient (Wildman–Crippen LogP) is 4.35. The highest BCUT2D eigenvalue weighted by molar-refractivity contribution is 7.99. The van der Waals surface area contributed by atoms with Crippen LogP contribution in [0.4, 0.5) is 4.39 Å². The molecular weight excluding hydrogens is 297 g/mol. The fraction of sp³-hybridized carbons (Fsp3) is 0.278. The molecule has 0 unspecified atom stereocenters. The molecule has 0 saturated heterocycles. The number of hydrogen-bond acceptors (Lipinski definition) is 2. The zero-order chi connectivity index (χ0) is 15.9. The Bertz CT molecular complexity index is 640. The third-order valence-corrected chi connectivity index (χ3v) is 4.43. The summed E-state index contributed by atoms with van der Waals surface area (Å²) in [5.74, 6) is 0.650. The fourth-order valence-electron chi connectivity index (χ4n) is 2.07. The molecule has 0 aliphatic heterocycles. The number of benzene rings is 2. The van der Waals surface area contributed by atoms with Crippen LogP contribution in [-0.2, 0) is 0 Å². The van der Waals surface area contributed by atoms with Crippen LogP contribution in [0.1, 0.15) is 27.9 Å². The summed E-state index contributed by atoms with van der Waals surface area (Å²) in [4.78, 5) is 13.2. The van der Waals surface area contributed by atoms with Crippen LogP contribution in [0, 0.1) is 19.7 Å². The molecule has 0 aliphatic carbocycles. The second kappa shape index (κ2) is 7.99. The Balaban J connectivity index is 1.73. The molecule has 0 spiro atoms. The first kappa shape index (κ1) is 16.6. The molecule has 22 heavy (non-hydrogen) atoms. The van der Waals surface area contributed by atoms with Crippen molar-refractivity contribution in [2.75, 3.05) is 12.3 Å². The van der Waals surface area contributed by atoms with E-state index in [0.29, 0.717) is 6.54 Å². The van der Waals surface area contributed by atoms with E-state index in [4.69, 9.17) is 0 Å². The smallest absolute Gasteiger partial charge is 0.251 e. The molecule has 0 bridgehead atoms. The van der Waals surface area contributed by atoms with E-state index in [1.807, 2.05) is 32.0 Å². The average molecular weight is 317 g/mol. The minimum atomic E-state index is -0.217. The third kappa shape index (κ3) is 4.88. The van der Waals surface area contributed by atoms with Gasteiger partial charge in [-0.3, -0.25) is 4.79 Å². The summed E-state index contributed by atoms with van der Waals surface area (Å²) < 4.78 is 12.8. The Morgan fingerprint density at radius 2 is 1.86 bits per heavy atom. The van der Waals surface area contributed by atoms with Crippen molar-refractivity contribution in [3.63, 3.8) is 0 Å². The van der Waals surface area contributed by atoms with Crippen LogP contribution in [0.5, 0.6) is 0 Å². The molecule has 1 N–H and O–H groups in total. The SMILES string of the molecule is Cc1ccc(C)c(C(=O)NCCCSc2ccc(F)cc2)c1. The molecule has 0 fully saturated rings. The van der Waals surface area contributed by atoms with Crippen molar-refractivity contribution < 1.29 is 9.18 Å². The zero-order valence-corrected chi connectivity index (χ0v) is 13.7. The number of nitrogens with one attached hydrogen (secondary N) is 1. The molecule has 0 atom stereocenters. The van der Waals surface area contributed by atoms with Gasteiger partial charge in [0.25, 0.3) is 5.91 Å². The normalized spacial score (nSPS) is 10.5. The molecule has 0 aromatic heterocycles. The number of halogens is 1. The van der Waals surface area contributed by atoms with Crippen molar-refractivity contribution in [1.82, 2.24) is 5.32 Å². The van der Waals surface area contributed by atoms with Crippen molar-refractivity contribution in [1.29, 1.82) is 0 Å². The van der Waals surface area contributed by atoms with Gasteiger partial charge in [0.15, 0.2) is 0 Å². The van der Waals surface area contributed by atoms with E-state index in [2.05, 4.69) is 5.32 Å². The van der Waals surface area contributed by atoms with Crippen LogP contribution in [0.2, 0.25) is 0 Å². The van der Waals surface area contributed by atoms with Crippen molar-refractivity contribution in [2.24, 2.45) is 0 Å². The summed E-state index contributed by atoms with van der Waals surface area (Å²) in [5.41, 5.74) is 2.82. The maximum atomic E-state index is 12.8. The average Bonchev–Trinajstić information content (AvgIpc) is 2.51. The minimum Gasteiger partial charge on any atom is -0.352 e. The van der Waals surface area contributed by atoms with Gasteiger partial charge in [-0.1, -0.05) is 17.7 Å². The van der Waals surface area contributed by atoms with E-state index >= 15 is 0 Å². The predicted molar refractivity (Wildman–Crippen MR) is 90.0 cm³/mol. The molecule has 0 aliphatic rings. The van der Waals surface area contributed by atoms with Crippen LogP contribution >= 0.6 is 11.8 Å². The van der Waals surface area contributed by atoms with Gasteiger partial charge in [-0.25, -0.2) is 4.39 Å².